The molecule has 0 spiro atoms. The SMILES string of the molecule is CCC(NCCCC(=O)O)c1ccc(F)cn1. The van der Waals surface area contributed by atoms with Crippen LogP contribution in [0.5, 0.6) is 0 Å². The van der Waals surface area contributed by atoms with E-state index in [1.165, 1.54) is 12.3 Å². The number of carboxylic acid groups (broad SMARTS) is 1. The molecule has 2 N–H and O–H groups in total. The number of aliphatic carboxylic acids is 1. The third-order valence-electron chi connectivity index (χ3n) is 2.47. The van der Waals surface area contributed by atoms with Gasteiger partial charge in [-0.3, -0.25) is 9.78 Å². The van der Waals surface area contributed by atoms with E-state index >= 15 is 0 Å². The number of halogens is 1. The minimum absolute atomic E-state index is 0.0457. The zero-order valence-electron chi connectivity index (χ0n) is 9.82. The van der Waals surface area contributed by atoms with Gasteiger partial charge in [-0.15, -0.1) is 0 Å². The molecule has 0 saturated heterocycles. The molecule has 0 amide bonds. The van der Waals surface area contributed by atoms with Gasteiger partial charge >= 0.3 is 5.97 Å². The Bertz CT molecular complexity index is 354. The van der Waals surface area contributed by atoms with Crippen molar-refractivity contribution in [3.05, 3.63) is 29.8 Å². The molecule has 0 bridgehead atoms. The van der Waals surface area contributed by atoms with Crippen molar-refractivity contribution in [2.45, 2.75) is 32.2 Å². The fraction of sp³-hybridized carbons (Fsp3) is 0.500. The molecule has 1 rings (SSSR count). The first-order valence-electron chi connectivity index (χ1n) is 5.70. The van der Waals surface area contributed by atoms with Crippen molar-refractivity contribution >= 4 is 5.97 Å². The van der Waals surface area contributed by atoms with Gasteiger partial charge in [0.25, 0.3) is 0 Å². The van der Waals surface area contributed by atoms with Crippen LogP contribution >= 0.6 is 0 Å². The van der Waals surface area contributed by atoms with E-state index in [1.807, 2.05) is 6.92 Å². The predicted octanol–water partition coefficient (Wildman–Crippen LogP) is 2.13. The predicted molar refractivity (Wildman–Crippen MR) is 62.1 cm³/mol. The van der Waals surface area contributed by atoms with Gasteiger partial charge in [0.05, 0.1) is 11.9 Å². The largest absolute Gasteiger partial charge is 0.481 e. The number of hydrogen-bond donors (Lipinski definition) is 2. The number of nitrogens with one attached hydrogen (secondary N) is 1. The maximum Gasteiger partial charge on any atom is 0.303 e. The molecule has 0 aliphatic heterocycles. The molecule has 1 unspecified atom stereocenters. The molecular formula is C12H17FN2O2. The monoisotopic (exact) mass is 240 g/mol. The smallest absolute Gasteiger partial charge is 0.303 e. The highest BCUT2D eigenvalue weighted by atomic mass is 19.1. The Balaban J connectivity index is 2.43. The number of pyridine rings is 1. The second-order valence-electron chi connectivity index (χ2n) is 3.81. The van der Waals surface area contributed by atoms with Crippen molar-refractivity contribution in [3.63, 3.8) is 0 Å². The normalized spacial score (nSPS) is 12.4. The molecular weight excluding hydrogens is 223 g/mol. The van der Waals surface area contributed by atoms with E-state index in [1.54, 1.807) is 6.07 Å². The average Bonchev–Trinajstić information content (AvgIpc) is 2.30. The van der Waals surface area contributed by atoms with Gasteiger partial charge in [0.2, 0.25) is 0 Å². The molecule has 5 heteroatoms. The third kappa shape index (κ3) is 4.91. The minimum Gasteiger partial charge on any atom is -0.481 e. The van der Waals surface area contributed by atoms with E-state index in [2.05, 4.69) is 10.3 Å². The molecule has 0 fully saturated rings. The Labute approximate surface area is 99.9 Å². The fourth-order valence-corrected chi connectivity index (χ4v) is 1.57. The van der Waals surface area contributed by atoms with Crippen LogP contribution in [0.3, 0.4) is 0 Å². The fourth-order valence-electron chi connectivity index (χ4n) is 1.57. The Kier molecular flexibility index (Phi) is 5.56. The van der Waals surface area contributed by atoms with Crippen LogP contribution in [0.4, 0.5) is 4.39 Å². The standard InChI is InChI=1S/C12H17FN2O2/c1-2-10(14-7-3-4-12(16)17)11-6-5-9(13)8-15-11/h5-6,8,10,14H,2-4,7H2,1H3,(H,16,17). The maximum absolute atomic E-state index is 12.7. The number of rotatable bonds is 7. The molecule has 0 aliphatic rings. The Morgan fingerprint density at radius 1 is 1.59 bits per heavy atom. The van der Waals surface area contributed by atoms with Gasteiger partial charge in [-0.05, 0) is 31.5 Å². The quantitative estimate of drug-likeness (QED) is 0.717. The summed E-state index contributed by atoms with van der Waals surface area (Å²) in [6, 6.07) is 3.07. The Hall–Kier alpha value is -1.49. The molecule has 0 aliphatic carbocycles. The summed E-state index contributed by atoms with van der Waals surface area (Å²) >= 11 is 0. The first kappa shape index (κ1) is 13.6. The molecule has 1 atom stereocenters. The lowest BCUT2D eigenvalue weighted by Gasteiger charge is -2.15. The van der Waals surface area contributed by atoms with Gasteiger partial charge in [0.15, 0.2) is 0 Å². The van der Waals surface area contributed by atoms with Crippen LogP contribution in [0.1, 0.15) is 37.9 Å². The summed E-state index contributed by atoms with van der Waals surface area (Å²) in [5.41, 5.74) is 0.782. The summed E-state index contributed by atoms with van der Waals surface area (Å²) in [6.07, 6.45) is 2.75. The van der Waals surface area contributed by atoms with Crippen LogP contribution in [-0.2, 0) is 4.79 Å². The highest BCUT2D eigenvalue weighted by molar-refractivity contribution is 5.66. The zero-order chi connectivity index (χ0) is 12.7. The topological polar surface area (TPSA) is 62.2 Å². The number of aromatic nitrogens is 1. The van der Waals surface area contributed by atoms with Crippen LogP contribution in [0.25, 0.3) is 0 Å². The molecule has 0 aromatic carbocycles. The maximum atomic E-state index is 12.7. The number of carbonyl (C=O) groups is 1. The van der Waals surface area contributed by atoms with Gasteiger partial charge in [0.1, 0.15) is 5.82 Å². The van der Waals surface area contributed by atoms with Crippen molar-refractivity contribution in [2.75, 3.05) is 6.54 Å². The van der Waals surface area contributed by atoms with E-state index in [-0.39, 0.29) is 18.3 Å². The third-order valence-corrected chi connectivity index (χ3v) is 2.47. The van der Waals surface area contributed by atoms with E-state index in [0.29, 0.717) is 13.0 Å². The number of carboxylic acids is 1. The van der Waals surface area contributed by atoms with E-state index < -0.39 is 5.97 Å². The molecule has 0 saturated carbocycles. The van der Waals surface area contributed by atoms with Crippen molar-refractivity contribution in [3.8, 4) is 0 Å². The molecule has 1 aromatic heterocycles. The van der Waals surface area contributed by atoms with Crippen molar-refractivity contribution in [1.29, 1.82) is 0 Å². The lowest BCUT2D eigenvalue weighted by molar-refractivity contribution is -0.137. The molecule has 94 valence electrons. The molecule has 4 nitrogen and oxygen atoms in total. The minimum atomic E-state index is -0.792. The molecule has 0 radical (unpaired) electrons. The second-order valence-corrected chi connectivity index (χ2v) is 3.81. The summed E-state index contributed by atoms with van der Waals surface area (Å²) in [6.45, 7) is 2.61. The molecule has 17 heavy (non-hydrogen) atoms. The van der Waals surface area contributed by atoms with Crippen LogP contribution in [-0.4, -0.2) is 22.6 Å². The van der Waals surface area contributed by atoms with Crippen LogP contribution in [0, 0.1) is 5.82 Å². The highest BCUT2D eigenvalue weighted by Crippen LogP contribution is 2.13. The summed E-state index contributed by atoms with van der Waals surface area (Å²) in [7, 11) is 0. The van der Waals surface area contributed by atoms with E-state index in [0.717, 1.165) is 12.1 Å². The first-order chi connectivity index (χ1) is 8.13. The number of nitrogens with zero attached hydrogens (tertiary/aromatic N) is 1. The van der Waals surface area contributed by atoms with Gasteiger partial charge < -0.3 is 10.4 Å². The van der Waals surface area contributed by atoms with Gasteiger partial charge in [-0.2, -0.15) is 0 Å². The summed E-state index contributed by atoms with van der Waals surface area (Å²) in [4.78, 5) is 14.3. The van der Waals surface area contributed by atoms with Crippen LogP contribution in [0.15, 0.2) is 18.3 Å². The van der Waals surface area contributed by atoms with Crippen molar-refractivity contribution < 1.29 is 14.3 Å². The number of hydrogen-bond acceptors (Lipinski definition) is 3. The first-order valence-corrected chi connectivity index (χ1v) is 5.70. The Morgan fingerprint density at radius 3 is 2.88 bits per heavy atom. The summed E-state index contributed by atoms with van der Waals surface area (Å²) in [5.74, 6) is -1.14. The van der Waals surface area contributed by atoms with Crippen molar-refractivity contribution in [2.24, 2.45) is 0 Å². The van der Waals surface area contributed by atoms with E-state index in [4.69, 9.17) is 5.11 Å². The lowest BCUT2D eigenvalue weighted by Crippen LogP contribution is -2.23. The zero-order valence-corrected chi connectivity index (χ0v) is 9.82. The highest BCUT2D eigenvalue weighted by Gasteiger charge is 2.09. The molecule has 1 heterocycles. The molecule has 1 aromatic rings. The van der Waals surface area contributed by atoms with Crippen LogP contribution in [0.2, 0.25) is 0 Å². The van der Waals surface area contributed by atoms with Gasteiger partial charge in [-0.25, -0.2) is 4.39 Å². The summed E-state index contributed by atoms with van der Waals surface area (Å²) in [5, 5.41) is 11.7. The van der Waals surface area contributed by atoms with Crippen LogP contribution < -0.4 is 5.32 Å². The lowest BCUT2D eigenvalue weighted by atomic mass is 10.1. The van der Waals surface area contributed by atoms with Crippen molar-refractivity contribution in [1.82, 2.24) is 10.3 Å². The van der Waals surface area contributed by atoms with Gasteiger partial charge in [0, 0.05) is 12.5 Å². The van der Waals surface area contributed by atoms with Gasteiger partial charge in [-0.1, -0.05) is 6.92 Å². The average molecular weight is 240 g/mol. The summed E-state index contributed by atoms with van der Waals surface area (Å²) < 4.78 is 12.7. The Morgan fingerprint density at radius 2 is 2.35 bits per heavy atom. The van der Waals surface area contributed by atoms with E-state index in [9.17, 15) is 9.18 Å². The second kappa shape index (κ2) is 6.96.